The van der Waals surface area contributed by atoms with E-state index in [2.05, 4.69) is 0 Å². The standard InChI is InChI=1S/C17H24O4/c1-6-17(7-2,15(18)20-8-3)16(19)21-14-11-9-10-12(4)13(14)5/h9-11H,6-8H2,1-5H3. The Hall–Kier alpha value is -1.84. The first-order chi connectivity index (χ1) is 9.92. The molecule has 0 aliphatic rings. The van der Waals surface area contributed by atoms with Gasteiger partial charge in [0, 0.05) is 0 Å². The molecular weight excluding hydrogens is 268 g/mol. The Labute approximate surface area is 126 Å². The van der Waals surface area contributed by atoms with Gasteiger partial charge in [-0.1, -0.05) is 26.0 Å². The molecule has 0 aliphatic heterocycles. The van der Waals surface area contributed by atoms with Gasteiger partial charge in [0.1, 0.15) is 5.75 Å². The minimum atomic E-state index is -1.23. The van der Waals surface area contributed by atoms with Crippen LogP contribution < -0.4 is 4.74 Å². The van der Waals surface area contributed by atoms with Gasteiger partial charge in [-0.25, -0.2) is 0 Å². The van der Waals surface area contributed by atoms with Crippen LogP contribution >= 0.6 is 0 Å². The highest BCUT2D eigenvalue weighted by molar-refractivity contribution is 6.00. The van der Waals surface area contributed by atoms with E-state index in [1.54, 1.807) is 26.8 Å². The van der Waals surface area contributed by atoms with Gasteiger partial charge in [0.05, 0.1) is 6.61 Å². The highest BCUT2D eigenvalue weighted by Gasteiger charge is 2.46. The number of rotatable bonds is 6. The molecule has 4 heteroatoms. The van der Waals surface area contributed by atoms with Crippen molar-refractivity contribution >= 4 is 11.9 Å². The first-order valence-electron chi connectivity index (χ1n) is 7.38. The van der Waals surface area contributed by atoms with E-state index in [1.165, 1.54) is 0 Å². The average molecular weight is 292 g/mol. The third-order valence-electron chi connectivity index (χ3n) is 4.02. The molecule has 1 aromatic carbocycles. The molecule has 0 N–H and O–H groups in total. The molecule has 0 amide bonds. The van der Waals surface area contributed by atoms with Crippen LogP contribution in [0.25, 0.3) is 0 Å². The predicted octanol–water partition coefficient (Wildman–Crippen LogP) is 3.58. The summed E-state index contributed by atoms with van der Waals surface area (Å²) in [4.78, 5) is 24.7. The van der Waals surface area contributed by atoms with Crippen molar-refractivity contribution in [1.82, 2.24) is 0 Å². The van der Waals surface area contributed by atoms with Crippen LogP contribution in [0.3, 0.4) is 0 Å². The molecule has 0 radical (unpaired) electrons. The Morgan fingerprint density at radius 1 is 1.05 bits per heavy atom. The third-order valence-corrected chi connectivity index (χ3v) is 4.02. The molecule has 0 aliphatic carbocycles. The van der Waals surface area contributed by atoms with Gasteiger partial charge in [-0.3, -0.25) is 9.59 Å². The van der Waals surface area contributed by atoms with E-state index in [0.29, 0.717) is 18.6 Å². The Morgan fingerprint density at radius 2 is 1.67 bits per heavy atom. The maximum atomic E-state index is 12.6. The van der Waals surface area contributed by atoms with Crippen molar-refractivity contribution in [2.75, 3.05) is 6.61 Å². The summed E-state index contributed by atoms with van der Waals surface area (Å²) in [5.74, 6) is -0.555. The van der Waals surface area contributed by atoms with Crippen molar-refractivity contribution in [3.05, 3.63) is 29.3 Å². The fourth-order valence-corrected chi connectivity index (χ4v) is 2.21. The van der Waals surface area contributed by atoms with Crippen LogP contribution in [0.15, 0.2) is 18.2 Å². The fourth-order valence-electron chi connectivity index (χ4n) is 2.21. The van der Waals surface area contributed by atoms with Crippen LogP contribution in [-0.4, -0.2) is 18.5 Å². The van der Waals surface area contributed by atoms with E-state index >= 15 is 0 Å². The van der Waals surface area contributed by atoms with E-state index in [4.69, 9.17) is 9.47 Å². The van der Waals surface area contributed by atoms with Gasteiger partial charge in [-0.05, 0) is 50.8 Å². The van der Waals surface area contributed by atoms with Gasteiger partial charge in [0.25, 0.3) is 0 Å². The summed E-state index contributed by atoms with van der Waals surface area (Å²) in [6.45, 7) is 9.41. The van der Waals surface area contributed by atoms with E-state index in [9.17, 15) is 9.59 Å². The van der Waals surface area contributed by atoms with Crippen LogP contribution in [0.4, 0.5) is 0 Å². The summed E-state index contributed by atoms with van der Waals surface area (Å²) in [6.07, 6.45) is 0.706. The van der Waals surface area contributed by atoms with Gasteiger partial charge in [0.2, 0.25) is 0 Å². The number of ether oxygens (including phenoxy) is 2. The van der Waals surface area contributed by atoms with Crippen LogP contribution in [0.1, 0.15) is 44.7 Å². The number of hydrogen-bond donors (Lipinski definition) is 0. The van der Waals surface area contributed by atoms with Gasteiger partial charge in [-0.15, -0.1) is 0 Å². The van der Waals surface area contributed by atoms with Gasteiger partial charge in [0.15, 0.2) is 5.41 Å². The topological polar surface area (TPSA) is 52.6 Å². The van der Waals surface area contributed by atoms with Crippen molar-refractivity contribution in [2.45, 2.75) is 47.5 Å². The molecule has 116 valence electrons. The maximum Gasteiger partial charge on any atom is 0.328 e. The molecular formula is C17H24O4. The van der Waals surface area contributed by atoms with Crippen LogP contribution in [0.5, 0.6) is 5.75 Å². The molecule has 0 saturated carbocycles. The lowest BCUT2D eigenvalue weighted by atomic mass is 9.82. The summed E-state index contributed by atoms with van der Waals surface area (Å²) >= 11 is 0. The first kappa shape index (κ1) is 17.2. The van der Waals surface area contributed by atoms with Gasteiger partial charge >= 0.3 is 11.9 Å². The lowest BCUT2D eigenvalue weighted by Gasteiger charge is -2.26. The van der Waals surface area contributed by atoms with Crippen LogP contribution in [0.2, 0.25) is 0 Å². The lowest BCUT2D eigenvalue weighted by Crippen LogP contribution is -2.42. The molecule has 0 heterocycles. The first-order valence-corrected chi connectivity index (χ1v) is 7.38. The molecule has 4 nitrogen and oxygen atoms in total. The summed E-state index contributed by atoms with van der Waals surface area (Å²) in [6, 6.07) is 5.52. The zero-order chi connectivity index (χ0) is 16.0. The fraction of sp³-hybridized carbons (Fsp3) is 0.529. The smallest absolute Gasteiger partial charge is 0.328 e. The van der Waals surface area contributed by atoms with Crippen LogP contribution in [-0.2, 0) is 14.3 Å². The van der Waals surface area contributed by atoms with Gasteiger partial charge in [-0.2, -0.15) is 0 Å². The van der Waals surface area contributed by atoms with E-state index < -0.39 is 17.4 Å². The van der Waals surface area contributed by atoms with Crippen LogP contribution in [0, 0.1) is 19.3 Å². The highest BCUT2D eigenvalue weighted by atomic mass is 16.6. The number of hydrogen-bond acceptors (Lipinski definition) is 4. The summed E-state index contributed by atoms with van der Waals surface area (Å²) < 4.78 is 10.6. The lowest BCUT2D eigenvalue weighted by molar-refractivity contribution is -0.167. The Balaban J connectivity index is 3.07. The second kappa shape index (κ2) is 7.25. The van der Waals surface area contributed by atoms with Crippen molar-refractivity contribution in [2.24, 2.45) is 5.41 Å². The van der Waals surface area contributed by atoms with Crippen molar-refractivity contribution in [1.29, 1.82) is 0 Å². The molecule has 0 saturated heterocycles. The molecule has 0 aromatic heterocycles. The predicted molar refractivity (Wildman–Crippen MR) is 81.2 cm³/mol. The number of esters is 2. The summed E-state index contributed by atoms with van der Waals surface area (Å²) in [5, 5.41) is 0. The number of carbonyl (C=O) groups excluding carboxylic acids is 2. The zero-order valence-electron chi connectivity index (χ0n) is 13.5. The molecule has 0 unspecified atom stereocenters. The maximum absolute atomic E-state index is 12.6. The SMILES string of the molecule is CCOC(=O)C(CC)(CC)C(=O)Oc1cccc(C)c1C. The zero-order valence-corrected chi connectivity index (χ0v) is 13.5. The normalized spacial score (nSPS) is 11.1. The Bertz CT molecular complexity index is 516. The quantitative estimate of drug-likeness (QED) is 0.457. The van der Waals surface area contributed by atoms with E-state index in [-0.39, 0.29) is 6.61 Å². The molecule has 0 spiro atoms. The van der Waals surface area contributed by atoms with Gasteiger partial charge < -0.3 is 9.47 Å². The minimum Gasteiger partial charge on any atom is -0.465 e. The highest BCUT2D eigenvalue weighted by Crippen LogP contribution is 2.32. The molecule has 1 rings (SSSR count). The van der Waals surface area contributed by atoms with Crippen molar-refractivity contribution in [3.8, 4) is 5.75 Å². The molecule has 0 fully saturated rings. The number of benzene rings is 1. The minimum absolute atomic E-state index is 0.247. The second-order valence-electron chi connectivity index (χ2n) is 5.10. The van der Waals surface area contributed by atoms with E-state index in [0.717, 1.165) is 11.1 Å². The molecule has 21 heavy (non-hydrogen) atoms. The second-order valence-corrected chi connectivity index (χ2v) is 5.10. The Kier molecular flexibility index (Phi) is 5.94. The monoisotopic (exact) mass is 292 g/mol. The number of carbonyl (C=O) groups is 2. The Morgan fingerprint density at radius 3 is 2.19 bits per heavy atom. The molecule has 1 aromatic rings. The van der Waals surface area contributed by atoms with Crippen molar-refractivity contribution < 1.29 is 19.1 Å². The largest absolute Gasteiger partial charge is 0.465 e. The number of aryl methyl sites for hydroxylation is 1. The molecule has 0 bridgehead atoms. The summed E-state index contributed by atoms with van der Waals surface area (Å²) in [5.41, 5.74) is 0.706. The average Bonchev–Trinajstić information content (AvgIpc) is 2.46. The third kappa shape index (κ3) is 3.43. The molecule has 0 atom stereocenters. The summed E-state index contributed by atoms with van der Waals surface area (Å²) in [7, 11) is 0. The van der Waals surface area contributed by atoms with E-state index in [1.807, 2.05) is 26.0 Å². The van der Waals surface area contributed by atoms with Crippen molar-refractivity contribution in [3.63, 3.8) is 0 Å².